The summed E-state index contributed by atoms with van der Waals surface area (Å²) in [5, 5.41) is 0. The fourth-order valence-corrected chi connectivity index (χ4v) is 2.49. The Morgan fingerprint density at radius 1 is 1.29 bits per heavy atom. The highest BCUT2D eigenvalue weighted by atomic mass is 16.5. The van der Waals surface area contributed by atoms with Crippen molar-refractivity contribution in [1.29, 1.82) is 0 Å². The summed E-state index contributed by atoms with van der Waals surface area (Å²) in [5.41, 5.74) is 8.81. The van der Waals surface area contributed by atoms with Crippen LogP contribution in [0.3, 0.4) is 0 Å². The number of ether oxygens (including phenoxy) is 1. The van der Waals surface area contributed by atoms with Crippen molar-refractivity contribution >= 4 is 0 Å². The number of hydrogen-bond acceptors (Lipinski definition) is 2. The molecule has 2 heteroatoms. The molecule has 94 valence electrons. The van der Waals surface area contributed by atoms with Crippen molar-refractivity contribution in [2.75, 3.05) is 0 Å². The average molecular weight is 233 g/mol. The second-order valence-corrected chi connectivity index (χ2v) is 5.94. The molecule has 2 unspecified atom stereocenters. The van der Waals surface area contributed by atoms with Crippen LogP contribution in [0.25, 0.3) is 0 Å². The molecule has 2 rings (SSSR count). The SMILES string of the molecule is CCCC1Oc2c(cccc2C(C)(C)C)C1N. The smallest absolute Gasteiger partial charge is 0.128 e. The third-order valence-corrected chi connectivity index (χ3v) is 3.46. The summed E-state index contributed by atoms with van der Waals surface area (Å²) in [6, 6.07) is 6.38. The highest BCUT2D eigenvalue weighted by molar-refractivity contribution is 5.49. The van der Waals surface area contributed by atoms with Gasteiger partial charge in [0, 0.05) is 5.56 Å². The standard InChI is InChI=1S/C15H23NO/c1-5-7-12-13(16)10-8-6-9-11(14(10)17-12)15(2,3)4/h6,8-9,12-13H,5,7,16H2,1-4H3. The van der Waals surface area contributed by atoms with Crippen LogP contribution in [0.2, 0.25) is 0 Å². The lowest BCUT2D eigenvalue weighted by atomic mass is 9.85. The molecule has 2 N–H and O–H groups in total. The molecule has 1 aromatic carbocycles. The third kappa shape index (κ3) is 2.19. The Bertz CT molecular complexity index is 406. The van der Waals surface area contributed by atoms with Crippen molar-refractivity contribution in [3.05, 3.63) is 29.3 Å². The van der Waals surface area contributed by atoms with Crippen LogP contribution in [0.5, 0.6) is 5.75 Å². The van der Waals surface area contributed by atoms with Gasteiger partial charge in [0.25, 0.3) is 0 Å². The molecule has 0 amide bonds. The summed E-state index contributed by atoms with van der Waals surface area (Å²) >= 11 is 0. The van der Waals surface area contributed by atoms with Crippen LogP contribution in [-0.4, -0.2) is 6.10 Å². The molecule has 2 nitrogen and oxygen atoms in total. The molecule has 0 fully saturated rings. The first kappa shape index (κ1) is 12.4. The van der Waals surface area contributed by atoms with Crippen molar-refractivity contribution < 1.29 is 4.74 Å². The summed E-state index contributed by atoms with van der Waals surface area (Å²) in [6.45, 7) is 8.81. The zero-order chi connectivity index (χ0) is 12.6. The normalized spacial score (nSPS) is 23.4. The number of para-hydroxylation sites is 1. The van der Waals surface area contributed by atoms with Gasteiger partial charge in [-0.25, -0.2) is 0 Å². The Morgan fingerprint density at radius 2 is 2.00 bits per heavy atom. The van der Waals surface area contributed by atoms with E-state index >= 15 is 0 Å². The minimum atomic E-state index is 0.0345. The minimum Gasteiger partial charge on any atom is -0.488 e. The molecule has 0 bridgehead atoms. The number of nitrogens with two attached hydrogens (primary N) is 1. The fourth-order valence-electron chi connectivity index (χ4n) is 2.49. The molecule has 0 saturated heterocycles. The van der Waals surface area contributed by atoms with Gasteiger partial charge in [0.1, 0.15) is 11.9 Å². The van der Waals surface area contributed by atoms with Gasteiger partial charge in [-0.15, -0.1) is 0 Å². The molecule has 2 atom stereocenters. The predicted octanol–water partition coefficient (Wildman–Crippen LogP) is 3.55. The van der Waals surface area contributed by atoms with Crippen LogP contribution in [0, 0.1) is 0 Å². The molecule has 1 aliphatic heterocycles. The third-order valence-electron chi connectivity index (χ3n) is 3.46. The van der Waals surface area contributed by atoms with E-state index in [1.165, 1.54) is 11.1 Å². The average Bonchev–Trinajstić information content (AvgIpc) is 2.55. The summed E-state index contributed by atoms with van der Waals surface area (Å²) in [6.07, 6.45) is 2.29. The Labute approximate surface area is 104 Å². The lowest BCUT2D eigenvalue weighted by Crippen LogP contribution is -2.25. The number of fused-ring (bicyclic) bond motifs is 1. The first-order chi connectivity index (χ1) is 7.95. The maximum absolute atomic E-state index is 6.26. The van der Waals surface area contributed by atoms with Crippen LogP contribution in [0.4, 0.5) is 0 Å². The van der Waals surface area contributed by atoms with Crippen molar-refractivity contribution in [1.82, 2.24) is 0 Å². The van der Waals surface area contributed by atoms with Crippen LogP contribution < -0.4 is 10.5 Å². The molecular weight excluding hydrogens is 210 g/mol. The van der Waals surface area contributed by atoms with E-state index in [4.69, 9.17) is 10.5 Å². The number of benzene rings is 1. The van der Waals surface area contributed by atoms with Gasteiger partial charge in [-0.05, 0) is 17.4 Å². The topological polar surface area (TPSA) is 35.2 Å². The molecule has 17 heavy (non-hydrogen) atoms. The second-order valence-electron chi connectivity index (χ2n) is 5.94. The van der Waals surface area contributed by atoms with Gasteiger partial charge in [-0.2, -0.15) is 0 Å². The molecule has 0 radical (unpaired) electrons. The van der Waals surface area contributed by atoms with E-state index in [0.717, 1.165) is 18.6 Å². The van der Waals surface area contributed by atoms with Crippen LogP contribution >= 0.6 is 0 Å². The van der Waals surface area contributed by atoms with E-state index in [0.29, 0.717) is 0 Å². The maximum atomic E-state index is 6.26. The lowest BCUT2D eigenvalue weighted by molar-refractivity contribution is 0.192. The summed E-state index contributed by atoms with van der Waals surface area (Å²) < 4.78 is 6.09. The zero-order valence-electron chi connectivity index (χ0n) is 11.3. The number of rotatable bonds is 2. The fraction of sp³-hybridized carbons (Fsp3) is 0.600. The van der Waals surface area contributed by atoms with E-state index in [-0.39, 0.29) is 17.6 Å². The Morgan fingerprint density at radius 3 is 2.59 bits per heavy atom. The van der Waals surface area contributed by atoms with E-state index in [1.54, 1.807) is 0 Å². The largest absolute Gasteiger partial charge is 0.488 e. The summed E-state index contributed by atoms with van der Waals surface area (Å²) in [7, 11) is 0. The van der Waals surface area contributed by atoms with Gasteiger partial charge in [-0.1, -0.05) is 52.3 Å². The van der Waals surface area contributed by atoms with Gasteiger partial charge < -0.3 is 10.5 Å². The van der Waals surface area contributed by atoms with Crippen LogP contribution in [0.15, 0.2) is 18.2 Å². The van der Waals surface area contributed by atoms with E-state index < -0.39 is 0 Å². The predicted molar refractivity (Wildman–Crippen MR) is 71.4 cm³/mol. The van der Waals surface area contributed by atoms with E-state index in [2.05, 4.69) is 45.9 Å². The van der Waals surface area contributed by atoms with E-state index in [9.17, 15) is 0 Å². The zero-order valence-corrected chi connectivity index (χ0v) is 11.3. The monoisotopic (exact) mass is 233 g/mol. The summed E-state index contributed by atoms with van der Waals surface area (Å²) in [5.74, 6) is 1.03. The molecule has 1 aromatic rings. The highest BCUT2D eigenvalue weighted by Gasteiger charge is 2.34. The van der Waals surface area contributed by atoms with Crippen LogP contribution in [0.1, 0.15) is 57.7 Å². The van der Waals surface area contributed by atoms with Gasteiger partial charge in [0.2, 0.25) is 0 Å². The second kappa shape index (κ2) is 4.34. The molecule has 0 aromatic heterocycles. The maximum Gasteiger partial charge on any atom is 0.128 e. The minimum absolute atomic E-state index is 0.0345. The van der Waals surface area contributed by atoms with Crippen LogP contribution in [-0.2, 0) is 5.41 Å². The van der Waals surface area contributed by atoms with Crippen molar-refractivity contribution in [2.45, 2.75) is 58.1 Å². The van der Waals surface area contributed by atoms with Crippen molar-refractivity contribution in [3.63, 3.8) is 0 Å². The lowest BCUT2D eigenvalue weighted by Gasteiger charge is -2.22. The van der Waals surface area contributed by atoms with Gasteiger partial charge in [0.05, 0.1) is 6.04 Å². The Kier molecular flexibility index (Phi) is 3.17. The molecule has 0 aliphatic carbocycles. The summed E-state index contributed by atoms with van der Waals surface area (Å²) in [4.78, 5) is 0. The van der Waals surface area contributed by atoms with E-state index in [1.807, 2.05) is 0 Å². The van der Waals surface area contributed by atoms with Crippen molar-refractivity contribution in [2.24, 2.45) is 5.73 Å². The van der Waals surface area contributed by atoms with Gasteiger partial charge in [0.15, 0.2) is 0 Å². The molecule has 1 aliphatic rings. The molecular formula is C15H23NO. The first-order valence-electron chi connectivity index (χ1n) is 6.50. The van der Waals surface area contributed by atoms with Gasteiger partial charge in [-0.3, -0.25) is 0 Å². The molecule has 0 spiro atoms. The Hall–Kier alpha value is -1.02. The first-order valence-corrected chi connectivity index (χ1v) is 6.50. The highest BCUT2D eigenvalue weighted by Crippen LogP contribution is 2.43. The molecule has 1 heterocycles. The Balaban J connectivity index is 2.40. The molecule has 0 saturated carbocycles. The van der Waals surface area contributed by atoms with Gasteiger partial charge >= 0.3 is 0 Å². The van der Waals surface area contributed by atoms with Crippen molar-refractivity contribution in [3.8, 4) is 5.75 Å². The number of hydrogen-bond donors (Lipinski definition) is 1. The quantitative estimate of drug-likeness (QED) is 0.848.